The average molecular weight is 463 g/mol. The zero-order chi connectivity index (χ0) is 23.9. The molecule has 15 heteroatoms. The second-order valence-electron chi connectivity index (χ2n) is 7.32. The molecule has 1 heterocycles. The fourth-order valence-corrected chi connectivity index (χ4v) is 2.70. The van der Waals surface area contributed by atoms with Gasteiger partial charge in [0, 0.05) is 6.42 Å². The molecule has 1 saturated heterocycles. The Labute approximate surface area is 164 Å². The van der Waals surface area contributed by atoms with Gasteiger partial charge in [0.25, 0.3) is 0 Å². The number of hydrogen-bond donors (Lipinski definition) is 0. The molecule has 0 aromatic heterocycles. The van der Waals surface area contributed by atoms with E-state index in [-0.39, 0.29) is 0 Å². The van der Waals surface area contributed by atoms with Crippen molar-refractivity contribution >= 4 is 12.1 Å². The van der Waals surface area contributed by atoms with E-state index in [1.807, 2.05) is 0 Å². The van der Waals surface area contributed by atoms with Crippen LogP contribution < -0.4 is 0 Å². The number of ether oxygens (including phenoxy) is 3. The molecule has 1 rings (SSSR count). The third-order valence-electron chi connectivity index (χ3n) is 3.91. The third-order valence-corrected chi connectivity index (χ3v) is 3.91. The van der Waals surface area contributed by atoms with Crippen LogP contribution in [0.15, 0.2) is 0 Å². The van der Waals surface area contributed by atoms with Crippen molar-refractivity contribution in [1.29, 1.82) is 0 Å². The maximum absolute atomic E-state index is 13.1. The van der Waals surface area contributed by atoms with Gasteiger partial charge in [0.15, 0.2) is 0 Å². The highest BCUT2D eigenvalue weighted by atomic mass is 19.4. The molecule has 0 radical (unpaired) electrons. The maximum Gasteiger partial charge on any atom is 0.435 e. The monoisotopic (exact) mass is 463 g/mol. The van der Waals surface area contributed by atoms with Gasteiger partial charge in [-0.3, -0.25) is 4.90 Å². The molecule has 0 aromatic rings. The minimum absolute atomic E-state index is 0.357. The van der Waals surface area contributed by atoms with Gasteiger partial charge in [0.1, 0.15) is 11.6 Å². The summed E-state index contributed by atoms with van der Waals surface area (Å²) in [5, 5.41) is 0. The number of methoxy groups -OCH3 is 1. The predicted octanol–water partition coefficient (Wildman–Crippen LogP) is 3.98. The minimum atomic E-state index is -6.94. The van der Waals surface area contributed by atoms with Crippen LogP contribution in [-0.4, -0.2) is 72.5 Å². The van der Waals surface area contributed by atoms with Crippen molar-refractivity contribution < 1.29 is 63.3 Å². The largest absolute Gasteiger partial charge is 0.467 e. The van der Waals surface area contributed by atoms with Crippen molar-refractivity contribution in [2.75, 3.05) is 13.7 Å². The van der Waals surface area contributed by atoms with E-state index in [1.165, 1.54) is 20.8 Å². The molecular weight excluding hydrogens is 445 g/mol. The summed E-state index contributed by atoms with van der Waals surface area (Å²) in [4.78, 5) is 24.3. The van der Waals surface area contributed by atoms with Crippen molar-refractivity contribution in [2.45, 2.75) is 69.1 Å². The zero-order valence-electron chi connectivity index (χ0n) is 16.0. The molecule has 0 aromatic carbocycles. The van der Waals surface area contributed by atoms with Crippen LogP contribution in [0.3, 0.4) is 0 Å². The molecule has 0 N–H and O–H groups in total. The Morgan fingerprint density at radius 3 is 1.63 bits per heavy atom. The first-order valence-electron chi connectivity index (χ1n) is 8.13. The van der Waals surface area contributed by atoms with Crippen molar-refractivity contribution in [2.24, 2.45) is 0 Å². The lowest BCUT2D eigenvalue weighted by Gasteiger charge is -2.39. The lowest BCUT2D eigenvalue weighted by atomic mass is 10.0. The summed E-state index contributed by atoms with van der Waals surface area (Å²) in [5.41, 5.74) is -7.72. The van der Waals surface area contributed by atoms with E-state index in [2.05, 4.69) is 9.47 Å². The highest BCUT2D eigenvalue weighted by molar-refractivity contribution is 5.82. The van der Waals surface area contributed by atoms with Crippen LogP contribution in [0, 0.1) is 0 Å². The fraction of sp³-hybridized carbons (Fsp3) is 0.867. The zero-order valence-corrected chi connectivity index (χ0v) is 16.0. The first kappa shape index (κ1) is 26.1. The number of nitrogens with zero attached hydrogens (tertiary/aromatic N) is 1. The van der Waals surface area contributed by atoms with Crippen LogP contribution in [0.4, 0.5) is 44.3 Å². The molecule has 0 spiro atoms. The summed E-state index contributed by atoms with van der Waals surface area (Å²) in [7, 11) is 0.801. The topological polar surface area (TPSA) is 65.1 Å². The number of hydrogen-bond acceptors (Lipinski definition) is 5. The summed E-state index contributed by atoms with van der Waals surface area (Å²) < 4.78 is 130. The lowest BCUT2D eigenvalue weighted by Crippen LogP contribution is -2.68. The van der Waals surface area contributed by atoms with E-state index in [0.29, 0.717) is 4.90 Å². The molecule has 2 atom stereocenters. The van der Waals surface area contributed by atoms with E-state index in [1.54, 1.807) is 0 Å². The Kier molecular flexibility index (Phi) is 6.93. The molecule has 176 valence electrons. The van der Waals surface area contributed by atoms with E-state index in [4.69, 9.17) is 4.74 Å². The van der Waals surface area contributed by atoms with E-state index >= 15 is 0 Å². The number of esters is 1. The molecule has 6 nitrogen and oxygen atoms in total. The fourth-order valence-electron chi connectivity index (χ4n) is 2.70. The molecule has 1 aliphatic rings. The molecule has 1 amide bonds. The van der Waals surface area contributed by atoms with Crippen molar-refractivity contribution in [3.05, 3.63) is 0 Å². The molecule has 1 aliphatic heterocycles. The Balaban J connectivity index is 3.36. The normalized spacial score (nSPS) is 21.6. The summed E-state index contributed by atoms with van der Waals surface area (Å²) in [6.07, 6.45) is -25.8. The van der Waals surface area contributed by atoms with Gasteiger partial charge in [-0.15, -0.1) is 0 Å². The van der Waals surface area contributed by atoms with Crippen molar-refractivity contribution in [3.63, 3.8) is 0 Å². The average Bonchev–Trinajstić information content (AvgIpc) is 2.90. The Morgan fingerprint density at radius 2 is 1.30 bits per heavy atom. The molecule has 0 bridgehead atoms. The van der Waals surface area contributed by atoms with E-state index < -0.39 is 66.9 Å². The van der Waals surface area contributed by atoms with Crippen LogP contribution in [0.2, 0.25) is 0 Å². The standard InChI is InChI=1S/C15H18F9NO5/c1-11(2,3)30-10(27)25-6-7(5-8(25)9(26)28-4)29-12(13(16,17)18,14(19,20)21)15(22,23)24/h7-8H,5-6H2,1-4H3/t7-,8-/m0/s1. The number of alkyl halides is 9. The van der Waals surface area contributed by atoms with E-state index in [9.17, 15) is 49.1 Å². The predicted molar refractivity (Wildman–Crippen MR) is 79.1 cm³/mol. The van der Waals surface area contributed by atoms with Crippen LogP contribution >= 0.6 is 0 Å². The number of carbonyl (C=O) groups is 2. The first-order valence-corrected chi connectivity index (χ1v) is 8.13. The first-order chi connectivity index (χ1) is 13.2. The second-order valence-corrected chi connectivity index (χ2v) is 7.32. The molecule has 1 fully saturated rings. The Hall–Kier alpha value is -1.93. The van der Waals surface area contributed by atoms with Crippen molar-refractivity contribution in [3.8, 4) is 0 Å². The van der Waals surface area contributed by atoms with E-state index in [0.717, 1.165) is 7.11 Å². The SMILES string of the molecule is COC(=O)[C@@H]1C[C@H](OC(C(F)(F)F)(C(F)(F)F)C(F)(F)F)CN1C(=O)OC(C)(C)C. The van der Waals surface area contributed by atoms with Gasteiger partial charge in [0.05, 0.1) is 19.8 Å². The van der Waals surface area contributed by atoms with Gasteiger partial charge in [0.2, 0.25) is 0 Å². The molecule has 30 heavy (non-hydrogen) atoms. The third kappa shape index (κ3) is 5.03. The maximum atomic E-state index is 13.1. The molecule has 0 unspecified atom stereocenters. The summed E-state index contributed by atoms with van der Waals surface area (Å²) in [6.45, 7) is 2.89. The Bertz CT molecular complexity index is 615. The summed E-state index contributed by atoms with van der Waals surface area (Å²) >= 11 is 0. The lowest BCUT2D eigenvalue weighted by molar-refractivity contribution is -0.463. The minimum Gasteiger partial charge on any atom is -0.467 e. The number of rotatable bonds is 3. The quantitative estimate of drug-likeness (QED) is 0.468. The van der Waals surface area contributed by atoms with Gasteiger partial charge in [-0.05, 0) is 20.8 Å². The Morgan fingerprint density at radius 1 is 0.867 bits per heavy atom. The highest BCUT2D eigenvalue weighted by Crippen LogP contribution is 2.55. The molecule has 0 saturated carbocycles. The number of halogens is 9. The summed E-state index contributed by atoms with van der Waals surface area (Å²) in [5.74, 6) is -1.29. The van der Waals surface area contributed by atoms with Crippen LogP contribution in [0.1, 0.15) is 27.2 Å². The van der Waals surface area contributed by atoms with Crippen LogP contribution in [0.25, 0.3) is 0 Å². The second kappa shape index (κ2) is 7.96. The van der Waals surface area contributed by atoms with Crippen molar-refractivity contribution in [1.82, 2.24) is 4.90 Å². The number of carbonyl (C=O) groups excluding carboxylic acids is 2. The van der Waals surface area contributed by atoms with Crippen LogP contribution in [0.5, 0.6) is 0 Å². The molecule has 0 aliphatic carbocycles. The number of likely N-dealkylation sites (tertiary alicyclic amines) is 1. The van der Waals surface area contributed by atoms with Gasteiger partial charge in [-0.2, -0.15) is 39.5 Å². The number of amides is 1. The van der Waals surface area contributed by atoms with Gasteiger partial charge in [-0.25, -0.2) is 9.59 Å². The summed E-state index contributed by atoms with van der Waals surface area (Å²) in [6, 6.07) is -1.82. The van der Waals surface area contributed by atoms with Gasteiger partial charge in [-0.1, -0.05) is 0 Å². The van der Waals surface area contributed by atoms with Gasteiger partial charge < -0.3 is 14.2 Å². The van der Waals surface area contributed by atoms with Crippen LogP contribution in [-0.2, 0) is 19.0 Å². The smallest absolute Gasteiger partial charge is 0.435 e. The molecular formula is C15H18F9NO5. The highest BCUT2D eigenvalue weighted by Gasteiger charge is 2.86. The van der Waals surface area contributed by atoms with Gasteiger partial charge >= 0.3 is 36.2 Å².